The molecule has 0 aliphatic rings. The average Bonchev–Trinajstić information content (AvgIpc) is 2.66. The first-order chi connectivity index (χ1) is 13.2. The summed E-state index contributed by atoms with van der Waals surface area (Å²) in [6, 6.07) is 12.0. The highest BCUT2D eigenvalue weighted by atomic mass is 35.5. The number of anilines is 1. The van der Waals surface area contributed by atoms with Gasteiger partial charge in [0.25, 0.3) is 0 Å². The second-order valence-electron chi connectivity index (χ2n) is 6.02. The first-order valence-corrected chi connectivity index (χ1v) is 8.94. The number of nitrogens with one attached hydrogen (secondary N) is 1. The minimum Gasteiger partial charge on any atom is -0.368 e. The van der Waals surface area contributed by atoms with Crippen LogP contribution in [0.3, 0.4) is 0 Å². The molecule has 146 valence electrons. The number of rotatable bonds is 5. The number of nitrogens with zero attached hydrogens (tertiary/aromatic N) is 2. The molecule has 0 saturated carbocycles. The maximum atomic E-state index is 12.8. The van der Waals surface area contributed by atoms with Gasteiger partial charge in [0, 0.05) is 29.2 Å². The van der Waals surface area contributed by atoms with Gasteiger partial charge in [0.15, 0.2) is 0 Å². The lowest BCUT2D eigenvalue weighted by Crippen LogP contribution is -2.21. The molecule has 3 rings (SSSR count). The highest BCUT2D eigenvalue weighted by Gasteiger charge is 2.33. The summed E-state index contributed by atoms with van der Waals surface area (Å²) in [7, 11) is 0. The monoisotopic (exact) mass is 426 g/mol. The van der Waals surface area contributed by atoms with Crippen LogP contribution in [0.4, 0.5) is 19.0 Å². The minimum atomic E-state index is -4.51. The third-order valence-corrected chi connectivity index (χ3v) is 4.60. The Hall–Kier alpha value is -2.35. The Labute approximate surface area is 169 Å². The molecular formula is C19H15Cl2F3N4. The van der Waals surface area contributed by atoms with Crippen LogP contribution < -0.4 is 11.1 Å². The van der Waals surface area contributed by atoms with Crippen LogP contribution in [-0.4, -0.2) is 16.5 Å². The lowest BCUT2D eigenvalue weighted by molar-refractivity contribution is -0.137. The predicted molar refractivity (Wildman–Crippen MR) is 104 cm³/mol. The van der Waals surface area contributed by atoms with Crippen molar-refractivity contribution >= 4 is 29.0 Å². The summed E-state index contributed by atoms with van der Waals surface area (Å²) in [5.41, 5.74) is 7.05. The van der Waals surface area contributed by atoms with Crippen molar-refractivity contribution in [3.05, 3.63) is 76.0 Å². The molecule has 2 aromatic carbocycles. The van der Waals surface area contributed by atoms with E-state index in [1.807, 2.05) is 12.1 Å². The van der Waals surface area contributed by atoms with E-state index in [-0.39, 0.29) is 11.1 Å². The van der Waals surface area contributed by atoms with Crippen LogP contribution in [0.2, 0.25) is 10.0 Å². The van der Waals surface area contributed by atoms with Crippen LogP contribution in [0.15, 0.2) is 54.9 Å². The van der Waals surface area contributed by atoms with Crippen molar-refractivity contribution in [1.82, 2.24) is 9.97 Å². The lowest BCUT2D eigenvalue weighted by Gasteiger charge is -2.14. The Balaban J connectivity index is 1.74. The molecule has 0 aliphatic heterocycles. The van der Waals surface area contributed by atoms with Gasteiger partial charge >= 0.3 is 6.18 Å². The van der Waals surface area contributed by atoms with Crippen LogP contribution in [0, 0.1) is 0 Å². The van der Waals surface area contributed by atoms with Crippen molar-refractivity contribution in [1.29, 1.82) is 0 Å². The van der Waals surface area contributed by atoms with Gasteiger partial charge in [0.2, 0.25) is 0 Å². The molecule has 0 radical (unpaired) electrons. The van der Waals surface area contributed by atoms with Gasteiger partial charge in [-0.2, -0.15) is 13.2 Å². The molecule has 3 N–H and O–H groups in total. The summed E-state index contributed by atoms with van der Waals surface area (Å²) in [4.78, 5) is 8.21. The molecule has 0 aliphatic carbocycles. The molecule has 1 heterocycles. The maximum absolute atomic E-state index is 12.8. The molecule has 0 bridgehead atoms. The number of nitrogens with two attached hydrogens (primary N) is 1. The third kappa shape index (κ3) is 4.92. The van der Waals surface area contributed by atoms with E-state index in [1.54, 1.807) is 18.2 Å². The first-order valence-electron chi connectivity index (χ1n) is 8.18. The molecule has 0 amide bonds. The van der Waals surface area contributed by atoms with E-state index in [0.29, 0.717) is 28.6 Å². The summed E-state index contributed by atoms with van der Waals surface area (Å²) < 4.78 is 38.5. The third-order valence-electron chi connectivity index (χ3n) is 4.04. The van der Waals surface area contributed by atoms with Gasteiger partial charge in [0.05, 0.1) is 16.3 Å². The van der Waals surface area contributed by atoms with Crippen molar-refractivity contribution in [3.8, 4) is 11.3 Å². The molecule has 0 fully saturated rings. The molecule has 0 saturated heterocycles. The van der Waals surface area contributed by atoms with Crippen molar-refractivity contribution in [2.45, 2.75) is 12.2 Å². The van der Waals surface area contributed by atoms with Crippen LogP contribution in [0.25, 0.3) is 11.3 Å². The van der Waals surface area contributed by atoms with Gasteiger partial charge in [-0.3, -0.25) is 0 Å². The smallest absolute Gasteiger partial charge is 0.368 e. The molecule has 28 heavy (non-hydrogen) atoms. The summed E-state index contributed by atoms with van der Waals surface area (Å²) >= 11 is 11.6. The van der Waals surface area contributed by atoms with E-state index < -0.39 is 11.7 Å². The molecule has 1 aromatic heterocycles. The standard InChI is InChI=1S/C19H15Cl2F3N4/c20-13-4-1-11(2-5-13)16(25)9-26-18-8-17(27-10-28-18)12-3-6-14(15(21)7-12)19(22,23)24/h1-8,10,16H,9,25H2,(H,26,27,28)/t16-/m0/s1. The predicted octanol–water partition coefficient (Wildman–Crippen LogP) is 5.58. The lowest BCUT2D eigenvalue weighted by atomic mass is 10.1. The molecule has 0 unspecified atom stereocenters. The molecule has 4 nitrogen and oxygen atoms in total. The van der Waals surface area contributed by atoms with Crippen LogP contribution >= 0.6 is 23.2 Å². The Bertz CT molecular complexity index is 962. The van der Waals surface area contributed by atoms with Crippen molar-refractivity contribution < 1.29 is 13.2 Å². The highest BCUT2D eigenvalue weighted by molar-refractivity contribution is 6.31. The number of halogens is 5. The second-order valence-corrected chi connectivity index (χ2v) is 6.86. The Kier molecular flexibility index (Phi) is 6.07. The SMILES string of the molecule is N[C@@H](CNc1cc(-c2ccc(C(F)(F)F)c(Cl)c2)ncn1)c1ccc(Cl)cc1. The summed E-state index contributed by atoms with van der Waals surface area (Å²) in [5.74, 6) is 0.491. The van der Waals surface area contributed by atoms with E-state index in [2.05, 4.69) is 15.3 Å². The topological polar surface area (TPSA) is 63.8 Å². The van der Waals surface area contributed by atoms with Gasteiger partial charge in [-0.25, -0.2) is 9.97 Å². The summed E-state index contributed by atoms with van der Waals surface area (Å²) in [6.07, 6.45) is -3.19. The van der Waals surface area contributed by atoms with E-state index in [1.165, 1.54) is 18.5 Å². The number of alkyl halides is 3. The first kappa shape index (κ1) is 20.4. The van der Waals surface area contributed by atoms with Gasteiger partial charge in [-0.05, 0) is 29.8 Å². The summed E-state index contributed by atoms with van der Waals surface area (Å²) in [5, 5.41) is 3.33. The Morgan fingerprint density at radius 2 is 1.71 bits per heavy atom. The molecular weight excluding hydrogens is 412 g/mol. The number of hydrogen-bond donors (Lipinski definition) is 2. The molecule has 1 atom stereocenters. The van der Waals surface area contributed by atoms with Gasteiger partial charge in [-0.15, -0.1) is 0 Å². The second kappa shape index (κ2) is 8.34. The maximum Gasteiger partial charge on any atom is 0.417 e. The van der Waals surface area contributed by atoms with Crippen molar-refractivity contribution in [2.24, 2.45) is 5.73 Å². The van der Waals surface area contributed by atoms with Crippen LogP contribution in [0.5, 0.6) is 0 Å². The molecule has 3 aromatic rings. The van der Waals surface area contributed by atoms with Crippen LogP contribution in [0.1, 0.15) is 17.2 Å². The zero-order valence-electron chi connectivity index (χ0n) is 14.3. The summed E-state index contributed by atoms with van der Waals surface area (Å²) in [6.45, 7) is 0.395. The normalized spacial score (nSPS) is 12.6. The Morgan fingerprint density at radius 3 is 2.36 bits per heavy atom. The average molecular weight is 427 g/mol. The highest BCUT2D eigenvalue weighted by Crippen LogP contribution is 2.36. The molecule has 9 heteroatoms. The van der Waals surface area contributed by atoms with Gasteiger partial charge in [0.1, 0.15) is 12.1 Å². The van der Waals surface area contributed by atoms with E-state index in [4.69, 9.17) is 28.9 Å². The van der Waals surface area contributed by atoms with Gasteiger partial charge in [-0.1, -0.05) is 41.4 Å². The number of aromatic nitrogens is 2. The van der Waals surface area contributed by atoms with E-state index in [0.717, 1.165) is 11.6 Å². The fraction of sp³-hybridized carbons (Fsp3) is 0.158. The molecule has 0 spiro atoms. The number of benzene rings is 2. The van der Waals surface area contributed by atoms with E-state index >= 15 is 0 Å². The van der Waals surface area contributed by atoms with Crippen LogP contribution in [-0.2, 0) is 6.18 Å². The number of hydrogen-bond acceptors (Lipinski definition) is 4. The zero-order chi connectivity index (χ0) is 20.3. The quantitative estimate of drug-likeness (QED) is 0.558. The fourth-order valence-corrected chi connectivity index (χ4v) is 2.97. The fourth-order valence-electron chi connectivity index (χ4n) is 2.56. The van der Waals surface area contributed by atoms with Crippen molar-refractivity contribution in [3.63, 3.8) is 0 Å². The Morgan fingerprint density at radius 1 is 1.00 bits per heavy atom. The van der Waals surface area contributed by atoms with E-state index in [9.17, 15) is 13.2 Å². The van der Waals surface area contributed by atoms with Gasteiger partial charge < -0.3 is 11.1 Å². The largest absolute Gasteiger partial charge is 0.417 e. The zero-order valence-corrected chi connectivity index (χ0v) is 15.9. The van der Waals surface area contributed by atoms with Crippen molar-refractivity contribution in [2.75, 3.05) is 11.9 Å². The minimum absolute atomic E-state index is 0.295.